The summed E-state index contributed by atoms with van der Waals surface area (Å²) in [5.74, 6) is 0.908. The summed E-state index contributed by atoms with van der Waals surface area (Å²) in [6.45, 7) is 3.87. The monoisotopic (exact) mass is 161 g/mol. The molecule has 1 aliphatic heterocycles. The molecule has 0 fully saturated rings. The van der Waals surface area contributed by atoms with E-state index in [1.165, 1.54) is 5.56 Å². The lowest BCUT2D eigenvalue weighted by Gasteiger charge is -2.01. The SMILES string of the molecule is C=C1Cc2cc(OC)ccc2N1. The van der Waals surface area contributed by atoms with Gasteiger partial charge in [0.05, 0.1) is 7.11 Å². The molecule has 0 bridgehead atoms. The highest BCUT2D eigenvalue weighted by atomic mass is 16.5. The van der Waals surface area contributed by atoms with Crippen molar-refractivity contribution in [2.45, 2.75) is 6.42 Å². The molecule has 12 heavy (non-hydrogen) atoms. The molecule has 0 aliphatic carbocycles. The number of ether oxygens (including phenoxy) is 1. The topological polar surface area (TPSA) is 21.3 Å². The van der Waals surface area contributed by atoms with Crippen LogP contribution in [0.4, 0.5) is 5.69 Å². The van der Waals surface area contributed by atoms with Gasteiger partial charge >= 0.3 is 0 Å². The van der Waals surface area contributed by atoms with Crippen LogP contribution in [0.5, 0.6) is 5.75 Å². The minimum absolute atomic E-state index is 0.908. The minimum Gasteiger partial charge on any atom is -0.497 e. The van der Waals surface area contributed by atoms with Gasteiger partial charge in [0.2, 0.25) is 0 Å². The van der Waals surface area contributed by atoms with Crippen molar-refractivity contribution in [2.75, 3.05) is 12.4 Å². The van der Waals surface area contributed by atoms with Crippen LogP contribution in [0, 0.1) is 0 Å². The van der Waals surface area contributed by atoms with E-state index in [0.717, 1.165) is 23.6 Å². The Kier molecular flexibility index (Phi) is 1.54. The van der Waals surface area contributed by atoms with Gasteiger partial charge in [-0.25, -0.2) is 0 Å². The highest BCUT2D eigenvalue weighted by molar-refractivity contribution is 5.63. The van der Waals surface area contributed by atoms with Crippen molar-refractivity contribution in [1.29, 1.82) is 0 Å². The molecule has 0 atom stereocenters. The van der Waals surface area contributed by atoms with Crippen LogP contribution >= 0.6 is 0 Å². The van der Waals surface area contributed by atoms with E-state index in [-0.39, 0.29) is 0 Å². The van der Waals surface area contributed by atoms with E-state index in [4.69, 9.17) is 4.74 Å². The molecule has 0 amide bonds. The molecule has 0 radical (unpaired) electrons. The van der Waals surface area contributed by atoms with E-state index in [1.807, 2.05) is 18.2 Å². The fourth-order valence-electron chi connectivity index (χ4n) is 1.43. The maximum Gasteiger partial charge on any atom is 0.119 e. The van der Waals surface area contributed by atoms with Gasteiger partial charge < -0.3 is 10.1 Å². The average Bonchev–Trinajstić information content (AvgIpc) is 2.43. The number of hydrogen-bond acceptors (Lipinski definition) is 2. The van der Waals surface area contributed by atoms with Gasteiger partial charge in [-0.1, -0.05) is 6.58 Å². The van der Waals surface area contributed by atoms with Crippen molar-refractivity contribution >= 4 is 5.69 Å². The molecule has 1 aliphatic rings. The third-order valence-electron chi connectivity index (χ3n) is 2.03. The Hall–Kier alpha value is -1.44. The second kappa shape index (κ2) is 2.55. The van der Waals surface area contributed by atoms with Crippen LogP contribution < -0.4 is 10.1 Å². The molecule has 2 rings (SSSR count). The summed E-state index contributed by atoms with van der Waals surface area (Å²) in [5.41, 5.74) is 3.47. The highest BCUT2D eigenvalue weighted by Gasteiger charge is 2.12. The number of fused-ring (bicyclic) bond motifs is 1. The van der Waals surface area contributed by atoms with E-state index < -0.39 is 0 Å². The van der Waals surface area contributed by atoms with Crippen LogP contribution in [-0.4, -0.2) is 7.11 Å². The molecule has 1 N–H and O–H groups in total. The summed E-state index contributed by atoms with van der Waals surface area (Å²) in [5, 5.41) is 3.20. The molecule has 0 saturated heterocycles. The van der Waals surface area contributed by atoms with Crippen molar-refractivity contribution in [2.24, 2.45) is 0 Å². The standard InChI is InChI=1S/C10H11NO/c1-7-5-8-6-9(12-2)3-4-10(8)11-7/h3-4,6,11H,1,5H2,2H3. The van der Waals surface area contributed by atoms with Crippen molar-refractivity contribution in [3.8, 4) is 5.75 Å². The van der Waals surface area contributed by atoms with Crippen LogP contribution in [-0.2, 0) is 6.42 Å². The first-order valence-electron chi connectivity index (χ1n) is 3.91. The molecule has 1 aromatic rings. The number of anilines is 1. The van der Waals surface area contributed by atoms with Crippen LogP contribution in [0.3, 0.4) is 0 Å². The van der Waals surface area contributed by atoms with E-state index in [9.17, 15) is 0 Å². The third-order valence-corrected chi connectivity index (χ3v) is 2.03. The Labute approximate surface area is 71.9 Å². The van der Waals surface area contributed by atoms with Crippen molar-refractivity contribution < 1.29 is 4.74 Å². The summed E-state index contributed by atoms with van der Waals surface area (Å²) in [7, 11) is 1.68. The molecule has 2 nitrogen and oxygen atoms in total. The zero-order valence-corrected chi connectivity index (χ0v) is 7.05. The zero-order valence-electron chi connectivity index (χ0n) is 7.05. The van der Waals surface area contributed by atoms with Gasteiger partial charge in [0.15, 0.2) is 0 Å². The van der Waals surface area contributed by atoms with Gasteiger partial charge in [0, 0.05) is 17.8 Å². The Balaban J connectivity index is 2.41. The second-order valence-corrected chi connectivity index (χ2v) is 2.93. The lowest BCUT2D eigenvalue weighted by atomic mass is 10.1. The summed E-state index contributed by atoms with van der Waals surface area (Å²) in [6, 6.07) is 6.01. The number of nitrogens with one attached hydrogen (secondary N) is 1. The molecule has 1 aromatic carbocycles. The van der Waals surface area contributed by atoms with Crippen molar-refractivity contribution in [3.63, 3.8) is 0 Å². The predicted molar refractivity (Wildman–Crippen MR) is 49.5 cm³/mol. The summed E-state index contributed by atoms with van der Waals surface area (Å²) in [6.07, 6.45) is 0.909. The molecule has 62 valence electrons. The smallest absolute Gasteiger partial charge is 0.119 e. The summed E-state index contributed by atoms with van der Waals surface area (Å²) in [4.78, 5) is 0. The molecule has 0 spiro atoms. The molecule has 1 heterocycles. The number of hydrogen-bond donors (Lipinski definition) is 1. The van der Waals surface area contributed by atoms with E-state index >= 15 is 0 Å². The zero-order chi connectivity index (χ0) is 8.55. The molecule has 0 unspecified atom stereocenters. The first kappa shape index (κ1) is 7.22. The Morgan fingerprint density at radius 1 is 1.50 bits per heavy atom. The second-order valence-electron chi connectivity index (χ2n) is 2.93. The number of methoxy groups -OCH3 is 1. The summed E-state index contributed by atoms with van der Waals surface area (Å²) >= 11 is 0. The lowest BCUT2D eigenvalue weighted by molar-refractivity contribution is 0.414. The van der Waals surface area contributed by atoms with Crippen LogP contribution in [0.15, 0.2) is 30.5 Å². The maximum absolute atomic E-state index is 5.12. The van der Waals surface area contributed by atoms with Crippen molar-refractivity contribution in [1.82, 2.24) is 0 Å². The number of benzene rings is 1. The van der Waals surface area contributed by atoms with Gasteiger partial charge in [0.25, 0.3) is 0 Å². The summed E-state index contributed by atoms with van der Waals surface area (Å²) < 4.78 is 5.12. The van der Waals surface area contributed by atoms with Gasteiger partial charge in [-0.15, -0.1) is 0 Å². The van der Waals surface area contributed by atoms with Crippen LogP contribution in [0.25, 0.3) is 0 Å². The van der Waals surface area contributed by atoms with Gasteiger partial charge in [-0.3, -0.25) is 0 Å². The third kappa shape index (κ3) is 1.05. The normalized spacial score (nSPS) is 13.9. The number of rotatable bonds is 1. The molecule has 0 saturated carbocycles. The van der Waals surface area contributed by atoms with E-state index in [0.29, 0.717) is 0 Å². The fourth-order valence-corrected chi connectivity index (χ4v) is 1.43. The fraction of sp³-hybridized carbons (Fsp3) is 0.200. The largest absolute Gasteiger partial charge is 0.497 e. The molecule has 0 aromatic heterocycles. The van der Waals surface area contributed by atoms with E-state index in [1.54, 1.807) is 7.11 Å². The maximum atomic E-state index is 5.12. The molecular weight excluding hydrogens is 150 g/mol. The predicted octanol–water partition coefficient (Wildman–Crippen LogP) is 2.18. The minimum atomic E-state index is 0.908. The van der Waals surface area contributed by atoms with Gasteiger partial charge in [0.1, 0.15) is 5.75 Å². The Bertz CT molecular complexity index is 331. The van der Waals surface area contributed by atoms with Crippen molar-refractivity contribution in [3.05, 3.63) is 36.0 Å². The Morgan fingerprint density at radius 3 is 3.08 bits per heavy atom. The lowest BCUT2D eigenvalue weighted by Crippen LogP contribution is -1.87. The Morgan fingerprint density at radius 2 is 2.33 bits per heavy atom. The first-order chi connectivity index (χ1) is 5.79. The highest BCUT2D eigenvalue weighted by Crippen LogP contribution is 2.29. The van der Waals surface area contributed by atoms with Gasteiger partial charge in [-0.2, -0.15) is 0 Å². The van der Waals surface area contributed by atoms with E-state index in [2.05, 4.69) is 11.9 Å². The van der Waals surface area contributed by atoms with Crippen LogP contribution in [0.1, 0.15) is 5.56 Å². The average molecular weight is 161 g/mol. The quantitative estimate of drug-likeness (QED) is 0.681. The number of allylic oxidation sites excluding steroid dienone is 1. The molecule has 2 heteroatoms. The first-order valence-corrected chi connectivity index (χ1v) is 3.91. The van der Waals surface area contributed by atoms with Crippen LogP contribution in [0.2, 0.25) is 0 Å². The molecular formula is C10H11NO. The van der Waals surface area contributed by atoms with Gasteiger partial charge in [-0.05, 0) is 23.8 Å².